The van der Waals surface area contributed by atoms with Gasteiger partial charge in [-0.25, -0.2) is 9.59 Å². The van der Waals surface area contributed by atoms with Crippen LogP contribution in [0.2, 0.25) is 0 Å². The molecule has 0 fully saturated rings. The van der Waals surface area contributed by atoms with Crippen LogP contribution >= 0.6 is 0 Å². The number of aliphatic hydroxyl groups is 1. The minimum atomic E-state index is -1.15. The molecule has 6 heteroatoms. The predicted molar refractivity (Wildman–Crippen MR) is 59.1 cm³/mol. The van der Waals surface area contributed by atoms with Crippen LogP contribution in [-0.4, -0.2) is 41.4 Å². The molecule has 1 unspecified atom stereocenters. The molecule has 1 atom stereocenters. The summed E-state index contributed by atoms with van der Waals surface area (Å²) in [5.41, 5.74) is 0. The minimum Gasteiger partial charge on any atom is -0.480 e. The highest BCUT2D eigenvalue weighted by atomic mass is 16.4. The largest absolute Gasteiger partial charge is 0.480 e. The van der Waals surface area contributed by atoms with E-state index in [4.69, 9.17) is 10.2 Å². The number of carboxylic acids is 1. The van der Waals surface area contributed by atoms with Crippen LogP contribution in [0.5, 0.6) is 0 Å². The third-order valence-electron chi connectivity index (χ3n) is 2.03. The van der Waals surface area contributed by atoms with E-state index in [1.807, 2.05) is 13.8 Å². The van der Waals surface area contributed by atoms with Crippen LogP contribution in [0.1, 0.15) is 26.7 Å². The fourth-order valence-corrected chi connectivity index (χ4v) is 1.07. The fourth-order valence-electron chi connectivity index (χ4n) is 1.07. The number of aliphatic hydroxyl groups excluding tert-OH is 1. The van der Waals surface area contributed by atoms with Crippen molar-refractivity contribution in [3.8, 4) is 0 Å². The molecule has 0 aliphatic carbocycles. The monoisotopic (exact) mass is 232 g/mol. The Labute approximate surface area is 95.0 Å². The zero-order valence-corrected chi connectivity index (χ0v) is 9.69. The number of hydrogen-bond acceptors (Lipinski definition) is 3. The van der Waals surface area contributed by atoms with Gasteiger partial charge in [-0.15, -0.1) is 0 Å². The van der Waals surface area contributed by atoms with Gasteiger partial charge < -0.3 is 20.8 Å². The Balaban J connectivity index is 3.86. The van der Waals surface area contributed by atoms with Crippen LogP contribution in [0, 0.1) is 5.92 Å². The number of amides is 2. The maximum atomic E-state index is 11.2. The molecule has 0 saturated heterocycles. The van der Waals surface area contributed by atoms with Crippen molar-refractivity contribution in [2.45, 2.75) is 32.7 Å². The van der Waals surface area contributed by atoms with Crippen LogP contribution in [-0.2, 0) is 4.79 Å². The quantitative estimate of drug-likeness (QED) is 0.502. The lowest BCUT2D eigenvalue weighted by molar-refractivity contribution is -0.139. The summed E-state index contributed by atoms with van der Waals surface area (Å²) in [6.45, 7) is 4.30. The predicted octanol–water partition coefficient (Wildman–Crippen LogP) is 0.167. The summed E-state index contributed by atoms with van der Waals surface area (Å²) in [6.07, 6.45) is 0.845. The van der Waals surface area contributed by atoms with Crippen molar-refractivity contribution in [2.24, 2.45) is 5.92 Å². The van der Waals surface area contributed by atoms with Gasteiger partial charge in [-0.05, 0) is 12.3 Å². The Hall–Kier alpha value is -1.30. The normalized spacial score (nSPS) is 12.2. The Bertz CT molecular complexity index is 231. The topological polar surface area (TPSA) is 98.7 Å². The van der Waals surface area contributed by atoms with Crippen molar-refractivity contribution < 1.29 is 19.8 Å². The third-order valence-corrected chi connectivity index (χ3v) is 2.03. The van der Waals surface area contributed by atoms with Gasteiger partial charge in [0.05, 0.1) is 0 Å². The minimum absolute atomic E-state index is 0.00688. The molecule has 0 radical (unpaired) electrons. The molecule has 0 aromatic rings. The van der Waals surface area contributed by atoms with Gasteiger partial charge in [-0.2, -0.15) is 0 Å². The van der Waals surface area contributed by atoms with E-state index in [1.165, 1.54) is 0 Å². The number of nitrogens with one attached hydrogen (secondary N) is 2. The van der Waals surface area contributed by atoms with E-state index in [0.29, 0.717) is 12.5 Å². The van der Waals surface area contributed by atoms with Crippen molar-refractivity contribution in [1.29, 1.82) is 0 Å². The number of urea groups is 1. The van der Waals surface area contributed by atoms with Gasteiger partial charge in [-0.3, -0.25) is 0 Å². The zero-order chi connectivity index (χ0) is 12.6. The number of aliphatic carboxylic acids is 1. The van der Waals surface area contributed by atoms with Crippen LogP contribution in [0.15, 0.2) is 0 Å². The lowest BCUT2D eigenvalue weighted by Crippen LogP contribution is -2.46. The van der Waals surface area contributed by atoms with Crippen LogP contribution in [0.25, 0.3) is 0 Å². The van der Waals surface area contributed by atoms with Gasteiger partial charge in [0.1, 0.15) is 6.04 Å². The van der Waals surface area contributed by atoms with Crippen molar-refractivity contribution >= 4 is 12.0 Å². The van der Waals surface area contributed by atoms with E-state index in [-0.39, 0.29) is 13.0 Å². The number of rotatable bonds is 7. The van der Waals surface area contributed by atoms with Crippen molar-refractivity contribution in [1.82, 2.24) is 10.6 Å². The van der Waals surface area contributed by atoms with Crippen LogP contribution in [0.3, 0.4) is 0 Å². The van der Waals surface area contributed by atoms with Gasteiger partial charge in [0.25, 0.3) is 0 Å². The number of carbonyl (C=O) groups is 2. The van der Waals surface area contributed by atoms with Gasteiger partial charge in [-0.1, -0.05) is 13.8 Å². The van der Waals surface area contributed by atoms with Crippen molar-refractivity contribution in [3.63, 3.8) is 0 Å². The molecule has 0 rings (SSSR count). The highest BCUT2D eigenvalue weighted by Crippen LogP contribution is 1.96. The molecule has 2 amide bonds. The standard InChI is InChI=1S/C10H20N2O4/c1-7(2)3-5-11-10(16)12-8(4-6-13)9(14)15/h7-8,13H,3-6H2,1-2H3,(H,14,15)(H2,11,12,16). The maximum absolute atomic E-state index is 11.2. The SMILES string of the molecule is CC(C)CCNC(=O)NC(CCO)C(=O)O. The van der Waals surface area contributed by atoms with Gasteiger partial charge >= 0.3 is 12.0 Å². The average Bonchev–Trinajstić information content (AvgIpc) is 2.16. The summed E-state index contributed by atoms with van der Waals surface area (Å²) >= 11 is 0. The molecular weight excluding hydrogens is 212 g/mol. The summed E-state index contributed by atoms with van der Waals surface area (Å²) in [4.78, 5) is 21.9. The molecule has 0 heterocycles. The first-order chi connectivity index (χ1) is 7.47. The van der Waals surface area contributed by atoms with E-state index < -0.39 is 18.0 Å². The second kappa shape index (κ2) is 7.92. The highest BCUT2D eigenvalue weighted by Gasteiger charge is 2.18. The van der Waals surface area contributed by atoms with Gasteiger partial charge in [0.2, 0.25) is 0 Å². The maximum Gasteiger partial charge on any atom is 0.326 e. The molecule has 0 aromatic heterocycles. The third kappa shape index (κ3) is 7.05. The zero-order valence-electron chi connectivity index (χ0n) is 9.69. The molecular formula is C10H20N2O4. The Morgan fingerprint density at radius 3 is 2.31 bits per heavy atom. The fraction of sp³-hybridized carbons (Fsp3) is 0.800. The van der Waals surface area contributed by atoms with E-state index in [9.17, 15) is 9.59 Å². The summed E-state index contributed by atoms with van der Waals surface area (Å²) in [6, 6.07) is -1.55. The molecule has 4 N–H and O–H groups in total. The molecule has 0 saturated carbocycles. The Morgan fingerprint density at radius 1 is 1.25 bits per heavy atom. The van der Waals surface area contributed by atoms with Crippen molar-refractivity contribution in [2.75, 3.05) is 13.2 Å². The summed E-state index contributed by atoms with van der Waals surface area (Å²) in [5.74, 6) is -0.666. The van der Waals surface area contributed by atoms with E-state index in [1.54, 1.807) is 0 Å². The van der Waals surface area contributed by atoms with Crippen LogP contribution in [0.4, 0.5) is 4.79 Å². The van der Waals surface area contributed by atoms with Crippen molar-refractivity contribution in [3.05, 3.63) is 0 Å². The van der Waals surface area contributed by atoms with E-state index in [2.05, 4.69) is 10.6 Å². The molecule has 16 heavy (non-hydrogen) atoms. The first-order valence-electron chi connectivity index (χ1n) is 5.35. The Morgan fingerprint density at radius 2 is 1.88 bits per heavy atom. The molecule has 0 aromatic carbocycles. The number of carbonyl (C=O) groups excluding carboxylic acids is 1. The smallest absolute Gasteiger partial charge is 0.326 e. The van der Waals surface area contributed by atoms with E-state index >= 15 is 0 Å². The molecule has 94 valence electrons. The first-order valence-corrected chi connectivity index (χ1v) is 5.35. The lowest BCUT2D eigenvalue weighted by Gasteiger charge is -2.14. The lowest BCUT2D eigenvalue weighted by atomic mass is 10.1. The highest BCUT2D eigenvalue weighted by molar-refractivity contribution is 5.82. The van der Waals surface area contributed by atoms with Gasteiger partial charge in [0.15, 0.2) is 0 Å². The second-order valence-corrected chi connectivity index (χ2v) is 3.99. The number of carboxylic acid groups (broad SMARTS) is 1. The average molecular weight is 232 g/mol. The van der Waals surface area contributed by atoms with Gasteiger partial charge in [0, 0.05) is 19.6 Å². The summed E-state index contributed by atoms with van der Waals surface area (Å²) in [7, 11) is 0. The number of hydrogen-bond donors (Lipinski definition) is 4. The first kappa shape index (κ1) is 14.7. The molecule has 6 nitrogen and oxygen atoms in total. The molecule has 0 bridgehead atoms. The molecule has 0 aliphatic rings. The van der Waals surface area contributed by atoms with E-state index in [0.717, 1.165) is 6.42 Å². The Kier molecular flexibility index (Phi) is 7.28. The summed E-state index contributed by atoms with van der Waals surface area (Å²) < 4.78 is 0. The summed E-state index contributed by atoms with van der Waals surface area (Å²) in [5, 5.41) is 22.2. The molecule has 0 aliphatic heterocycles. The second-order valence-electron chi connectivity index (χ2n) is 3.99. The van der Waals surface area contributed by atoms with Crippen LogP contribution < -0.4 is 10.6 Å². The molecule has 0 spiro atoms.